The lowest BCUT2D eigenvalue weighted by Gasteiger charge is -2.13. The van der Waals surface area contributed by atoms with Gasteiger partial charge in [0.15, 0.2) is 0 Å². The smallest absolute Gasteiger partial charge is 0.258 e. The van der Waals surface area contributed by atoms with E-state index in [1.54, 1.807) is 18.2 Å². The van der Waals surface area contributed by atoms with Crippen LogP contribution in [0.3, 0.4) is 0 Å². The molecule has 0 bridgehead atoms. The molecule has 3 aromatic rings. The molecule has 3 rings (SSSR count). The maximum atomic E-state index is 13.7. The van der Waals surface area contributed by atoms with E-state index in [4.69, 9.17) is 0 Å². The van der Waals surface area contributed by atoms with Crippen LogP contribution in [0.5, 0.6) is 0 Å². The van der Waals surface area contributed by atoms with Crippen molar-refractivity contribution < 1.29 is 9.18 Å². The van der Waals surface area contributed by atoms with Crippen molar-refractivity contribution in [3.8, 4) is 0 Å². The molecule has 26 heavy (non-hydrogen) atoms. The first-order chi connectivity index (χ1) is 12.6. The first-order valence-corrected chi connectivity index (χ1v) is 8.32. The van der Waals surface area contributed by atoms with Crippen LogP contribution in [0.2, 0.25) is 0 Å². The fourth-order valence-electron chi connectivity index (χ4n) is 2.58. The molecule has 0 aliphatic heterocycles. The second-order valence-corrected chi connectivity index (χ2v) is 5.82. The van der Waals surface area contributed by atoms with Crippen LogP contribution in [-0.2, 0) is 6.42 Å². The van der Waals surface area contributed by atoms with Gasteiger partial charge in [0.1, 0.15) is 5.82 Å². The lowest BCUT2D eigenvalue weighted by Crippen LogP contribution is -2.15. The zero-order valence-corrected chi connectivity index (χ0v) is 14.6. The highest BCUT2D eigenvalue weighted by Crippen LogP contribution is 2.22. The maximum absolute atomic E-state index is 13.7. The number of hydrogen-bond acceptors (Lipinski definition) is 4. The topological polar surface area (TPSA) is 66.9 Å². The largest absolute Gasteiger partial charge is 0.322 e. The summed E-state index contributed by atoms with van der Waals surface area (Å²) in [5, 5.41) is 5.71. The predicted octanol–water partition coefficient (Wildman–Crippen LogP) is 4.48. The van der Waals surface area contributed by atoms with Gasteiger partial charge in [-0.25, -0.2) is 14.4 Å². The highest BCUT2D eigenvalue weighted by Gasteiger charge is 2.12. The number of carbonyl (C=O) groups excluding carboxylic acids is 1. The second kappa shape index (κ2) is 7.74. The Morgan fingerprint density at radius 3 is 2.50 bits per heavy atom. The number of amides is 1. The molecule has 1 heterocycles. The number of aromatic nitrogens is 2. The van der Waals surface area contributed by atoms with Gasteiger partial charge in [0, 0.05) is 18.1 Å². The fourth-order valence-corrected chi connectivity index (χ4v) is 2.58. The van der Waals surface area contributed by atoms with Crippen molar-refractivity contribution in [2.75, 3.05) is 10.6 Å². The van der Waals surface area contributed by atoms with Gasteiger partial charge in [-0.1, -0.05) is 37.3 Å². The number of nitrogens with one attached hydrogen (secondary N) is 2. The Labute approximate surface area is 151 Å². The van der Waals surface area contributed by atoms with E-state index in [-0.39, 0.29) is 17.5 Å². The summed E-state index contributed by atoms with van der Waals surface area (Å²) >= 11 is 0. The summed E-state index contributed by atoms with van der Waals surface area (Å²) in [6.45, 7) is 3.99. The normalized spacial score (nSPS) is 10.4. The minimum atomic E-state index is -0.399. The Balaban J connectivity index is 1.75. The number of benzene rings is 2. The fraction of sp³-hybridized carbons (Fsp3) is 0.150. The second-order valence-electron chi connectivity index (χ2n) is 5.82. The Morgan fingerprint density at radius 1 is 1.08 bits per heavy atom. The third-order valence-corrected chi connectivity index (χ3v) is 4.01. The number of hydrogen-bond donors (Lipinski definition) is 2. The first-order valence-electron chi connectivity index (χ1n) is 8.32. The van der Waals surface area contributed by atoms with E-state index >= 15 is 0 Å². The summed E-state index contributed by atoms with van der Waals surface area (Å²) in [4.78, 5) is 20.7. The maximum Gasteiger partial charge on any atom is 0.258 e. The number of nitrogens with zero attached hydrogens (tertiary/aromatic N) is 2. The van der Waals surface area contributed by atoms with Crippen LogP contribution in [0.25, 0.3) is 0 Å². The Bertz CT molecular complexity index is 925. The number of rotatable bonds is 5. The SMILES string of the molecule is CCc1cccc(C)c1NC(=O)c1cnc(Nc2ccccc2F)nc1. The Hall–Kier alpha value is -3.28. The van der Waals surface area contributed by atoms with E-state index in [2.05, 4.69) is 20.6 Å². The van der Waals surface area contributed by atoms with E-state index in [0.717, 1.165) is 23.2 Å². The highest BCUT2D eigenvalue weighted by molar-refractivity contribution is 6.04. The van der Waals surface area contributed by atoms with Crippen LogP contribution in [0.15, 0.2) is 54.9 Å². The van der Waals surface area contributed by atoms with Crippen molar-refractivity contribution in [3.05, 3.63) is 77.4 Å². The van der Waals surface area contributed by atoms with Crippen molar-refractivity contribution >= 4 is 23.2 Å². The number of anilines is 3. The molecule has 0 fully saturated rings. The number of carbonyl (C=O) groups is 1. The summed E-state index contributed by atoms with van der Waals surface area (Å²) in [5.41, 5.74) is 3.48. The molecule has 1 amide bonds. The van der Waals surface area contributed by atoms with E-state index < -0.39 is 5.82 Å². The molecule has 0 unspecified atom stereocenters. The molecule has 0 saturated heterocycles. The Morgan fingerprint density at radius 2 is 1.81 bits per heavy atom. The van der Waals surface area contributed by atoms with Gasteiger partial charge in [0.05, 0.1) is 11.3 Å². The van der Waals surface area contributed by atoms with E-state index in [1.165, 1.54) is 18.5 Å². The number of halogens is 1. The standard InChI is InChI=1S/C20H19FN4O/c1-3-14-8-6-7-13(2)18(14)25-19(26)15-11-22-20(23-12-15)24-17-10-5-4-9-16(17)21/h4-12H,3H2,1-2H3,(H,25,26)(H,22,23,24). The van der Waals surface area contributed by atoms with Gasteiger partial charge in [-0.05, 0) is 36.6 Å². The average Bonchev–Trinajstić information content (AvgIpc) is 2.65. The van der Waals surface area contributed by atoms with Gasteiger partial charge in [-0.3, -0.25) is 4.79 Å². The van der Waals surface area contributed by atoms with Crippen LogP contribution in [0.1, 0.15) is 28.4 Å². The molecule has 132 valence electrons. The highest BCUT2D eigenvalue weighted by atomic mass is 19.1. The molecule has 6 heteroatoms. The van der Waals surface area contributed by atoms with Gasteiger partial charge in [-0.2, -0.15) is 0 Å². The van der Waals surface area contributed by atoms with E-state index in [9.17, 15) is 9.18 Å². The molecule has 0 spiro atoms. The molecule has 0 aliphatic carbocycles. The van der Waals surface area contributed by atoms with Gasteiger partial charge < -0.3 is 10.6 Å². The van der Waals surface area contributed by atoms with Crippen LogP contribution in [0, 0.1) is 12.7 Å². The monoisotopic (exact) mass is 350 g/mol. The zero-order valence-electron chi connectivity index (χ0n) is 14.6. The van der Waals surface area contributed by atoms with Crippen LogP contribution < -0.4 is 10.6 Å². The number of aryl methyl sites for hydroxylation is 2. The molecule has 0 radical (unpaired) electrons. The summed E-state index contributed by atoms with van der Waals surface area (Å²) in [6.07, 6.45) is 3.64. The minimum Gasteiger partial charge on any atom is -0.322 e. The predicted molar refractivity (Wildman–Crippen MR) is 100 cm³/mol. The molecule has 1 aromatic heterocycles. The molecule has 0 aliphatic rings. The van der Waals surface area contributed by atoms with Crippen molar-refractivity contribution in [2.24, 2.45) is 0 Å². The minimum absolute atomic E-state index is 0.219. The van der Waals surface area contributed by atoms with Crippen LogP contribution in [-0.4, -0.2) is 15.9 Å². The van der Waals surface area contributed by atoms with Crippen LogP contribution in [0.4, 0.5) is 21.7 Å². The summed E-state index contributed by atoms with van der Waals surface area (Å²) in [5.74, 6) is -0.465. The molecule has 0 atom stereocenters. The lowest BCUT2D eigenvalue weighted by molar-refractivity contribution is 0.102. The lowest BCUT2D eigenvalue weighted by atomic mass is 10.1. The molecule has 5 nitrogen and oxygen atoms in total. The average molecular weight is 350 g/mol. The van der Waals surface area contributed by atoms with Gasteiger partial charge >= 0.3 is 0 Å². The van der Waals surface area contributed by atoms with E-state index in [0.29, 0.717) is 5.56 Å². The Kier molecular flexibility index (Phi) is 5.22. The van der Waals surface area contributed by atoms with Crippen molar-refractivity contribution in [3.63, 3.8) is 0 Å². The molecular weight excluding hydrogens is 331 g/mol. The van der Waals surface area contributed by atoms with Crippen molar-refractivity contribution in [1.29, 1.82) is 0 Å². The van der Waals surface area contributed by atoms with Gasteiger partial charge in [0.25, 0.3) is 5.91 Å². The summed E-state index contributed by atoms with van der Waals surface area (Å²) in [7, 11) is 0. The number of para-hydroxylation sites is 2. The quantitative estimate of drug-likeness (QED) is 0.712. The third-order valence-electron chi connectivity index (χ3n) is 4.01. The zero-order chi connectivity index (χ0) is 18.5. The molecule has 0 saturated carbocycles. The third kappa shape index (κ3) is 3.85. The summed E-state index contributed by atoms with van der Waals surface area (Å²) < 4.78 is 13.7. The first kappa shape index (κ1) is 17.5. The molecule has 2 N–H and O–H groups in total. The van der Waals surface area contributed by atoms with Crippen LogP contribution >= 0.6 is 0 Å². The molecular formula is C20H19FN4O. The summed E-state index contributed by atoms with van der Waals surface area (Å²) in [6, 6.07) is 12.1. The van der Waals surface area contributed by atoms with Crippen molar-refractivity contribution in [1.82, 2.24) is 9.97 Å². The van der Waals surface area contributed by atoms with Crippen molar-refractivity contribution in [2.45, 2.75) is 20.3 Å². The molecule has 2 aromatic carbocycles. The van der Waals surface area contributed by atoms with E-state index in [1.807, 2.05) is 32.0 Å². The van der Waals surface area contributed by atoms with Gasteiger partial charge in [-0.15, -0.1) is 0 Å². The van der Waals surface area contributed by atoms with Gasteiger partial charge in [0.2, 0.25) is 5.95 Å².